The van der Waals surface area contributed by atoms with Crippen molar-refractivity contribution in [1.29, 1.82) is 0 Å². The predicted octanol–water partition coefficient (Wildman–Crippen LogP) is 6.14. The van der Waals surface area contributed by atoms with Gasteiger partial charge in [0.1, 0.15) is 18.3 Å². The van der Waals surface area contributed by atoms with Gasteiger partial charge in [-0.2, -0.15) is 0 Å². The molecule has 8 N–H and O–H groups in total. The summed E-state index contributed by atoms with van der Waals surface area (Å²) in [5, 5.41) is 56.7. The highest BCUT2D eigenvalue weighted by Crippen LogP contribution is 2.24. The average molecular weight is 620 g/mol. The van der Waals surface area contributed by atoms with Gasteiger partial charge in [-0.3, -0.25) is 9.59 Å². The number of aliphatic carboxylic acids is 1. The first kappa shape index (κ1) is 43.9. The molecule has 0 spiro atoms. The van der Waals surface area contributed by atoms with Gasteiger partial charge in [0.05, 0.1) is 6.61 Å². The summed E-state index contributed by atoms with van der Waals surface area (Å²) >= 11 is 0. The molecule has 9 heteroatoms. The van der Waals surface area contributed by atoms with Crippen molar-refractivity contribution in [2.75, 3.05) is 6.61 Å². The number of carboxylic acid groups (broad SMARTS) is 1. The number of nitrogens with two attached hydrogens (primary N) is 1. The van der Waals surface area contributed by atoms with Crippen LogP contribution in [0.4, 0.5) is 0 Å². The van der Waals surface area contributed by atoms with Gasteiger partial charge < -0.3 is 36.4 Å². The van der Waals surface area contributed by atoms with E-state index in [1.165, 1.54) is 103 Å². The molecule has 0 aromatic heterocycles. The Morgan fingerprint density at radius 2 is 0.930 bits per heavy atom. The number of amides is 1. The molecule has 258 valence electrons. The summed E-state index contributed by atoms with van der Waals surface area (Å²) in [5.41, 5.74) is 2.84. The lowest BCUT2D eigenvalue weighted by molar-refractivity contribution is -0.175. The molecule has 0 aromatic carbocycles. The van der Waals surface area contributed by atoms with Crippen molar-refractivity contribution in [2.24, 2.45) is 5.73 Å². The number of hydrogen-bond acceptors (Lipinski definition) is 7. The summed E-state index contributed by atoms with van der Waals surface area (Å²) < 4.78 is 0. The zero-order valence-electron chi connectivity index (χ0n) is 27.7. The molecule has 4 atom stereocenters. The highest BCUT2D eigenvalue weighted by Gasteiger charge is 2.46. The minimum Gasteiger partial charge on any atom is -0.481 e. The van der Waals surface area contributed by atoms with Crippen molar-refractivity contribution in [2.45, 2.75) is 198 Å². The van der Waals surface area contributed by atoms with E-state index in [1.54, 1.807) is 0 Å². The largest absolute Gasteiger partial charge is 0.481 e. The quantitative estimate of drug-likeness (QED) is 0.0468. The number of carboxylic acids is 1. The minimum atomic E-state index is -2.32. The number of unbranched alkanes of at least 4 members (excludes halogenated alkanes) is 21. The summed E-state index contributed by atoms with van der Waals surface area (Å²) in [6.07, 6.45) is 22.4. The summed E-state index contributed by atoms with van der Waals surface area (Å²) in [6.45, 7) is 3.65. The fourth-order valence-electron chi connectivity index (χ4n) is 5.19. The topological polar surface area (TPSA) is 182 Å². The van der Waals surface area contributed by atoms with E-state index < -0.39 is 42.4 Å². The molecule has 9 nitrogen and oxygen atoms in total. The second-order valence-corrected chi connectivity index (χ2v) is 12.3. The summed E-state index contributed by atoms with van der Waals surface area (Å²) in [7, 11) is 0. The minimum absolute atomic E-state index is 0.102. The first-order chi connectivity index (χ1) is 20.6. The Bertz CT molecular complexity index is 636. The maximum atomic E-state index is 11.5. The van der Waals surface area contributed by atoms with Gasteiger partial charge in [0.25, 0.3) is 5.91 Å². The molecule has 0 bridgehead atoms. The molecule has 1 amide bonds. The van der Waals surface area contributed by atoms with Gasteiger partial charge in [-0.15, -0.1) is 0 Å². The van der Waals surface area contributed by atoms with Gasteiger partial charge in [0, 0.05) is 6.42 Å². The van der Waals surface area contributed by atoms with Gasteiger partial charge >= 0.3 is 5.97 Å². The second-order valence-electron chi connectivity index (χ2n) is 12.3. The predicted molar refractivity (Wildman–Crippen MR) is 174 cm³/mol. The standard InChI is InChI=1S/C18H37NO6.C16H32O2/c1-2-3-4-5-6-7-8-9-10-11-12-18(25,17(19)24)16(23)15(22)14(21)13-20;1-2-3-4-5-6-7-8-9-10-11-12-13-14-15-16(17)18/h14-16,20-23,25H,2-13H2,1H3,(H2,19,24);2-15H2,1H3,(H,17,18)/t14-,15-,16+,18-;/m1./s1. The van der Waals surface area contributed by atoms with Crippen LogP contribution in [0.5, 0.6) is 0 Å². The number of rotatable bonds is 30. The zero-order chi connectivity index (χ0) is 32.8. The van der Waals surface area contributed by atoms with Gasteiger partial charge in [-0.05, 0) is 19.3 Å². The summed E-state index contributed by atoms with van der Waals surface area (Å²) in [5.74, 6) is -1.81. The van der Waals surface area contributed by atoms with E-state index in [0.717, 1.165) is 38.5 Å². The van der Waals surface area contributed by atoms with Gasteiger partial charge in [0.15, 0.2) is 5.60 Å². The van der Waals surface area contributed by atoms with E-state index in [2.05, 4.69) is 13.8 Å². The molecule has 0 heterocycles. The van der Waals surface area contributed by atoms with E-state index in [-0.39, 0.29) is 6.42 Å². The Morgan fingerprint density at radius 1 is 0.605 bits per heavy atom. The summed E-state index contributed by atoms with van der Waals surface area (Å²) in [6, 6.07) is 0. The molecule has 0 fully saturated rings. The lowest BCUT2D eigenvalue weighted by Crippen LogP contribution is -2.60. The number of aliphatic hydroxyl groups excluding tert-OH is 4. The monoisotopic (exact) mass is 620 g/mol. The normalized spacial score (nSPS) is 14.8. The van der Waals surface area contributed by atoms with Crippen LogP contribution in [0, 0.1) is 0 Å². The number of aliphatic hydroxyl groups is 5. The van der Waals surface area contributed by atoms with E-state index in [9.17, 15) is 30.0 Å². The Balaban J connectivity index is 0. The van der Waals surface area contributed by atoms with E-state index in [0.29, 0.717) is 12.8 Å². The molecule has 0 rings (SSSR count). The van der Waals surface area contributed by atoms with Crippen LogP contribution in [0.15, 0.2) is 0 Å². The third-order valence-corrected chi connectivity index (χ3v) is 8.23. The van der Waals surface area contributed by atoms with Crippen molar-refractivity contribution in [3.8, 4) is 0 Å². The molecule has 0 unspecified atom stereocenters. The number of carbonyl (C=O) groups excluding carboxylic acids is 1. The molecule has 0 saturated heterocycles. The molecule has 0 radical (unpaired) electrons. The maximum absolute atomic E-state index is 11.5. The zero-order valence-corrected chi connectivity index (χ0v) is 27.7. The SMILES string of the molecule is CCCCCCCCCCCCCCCC(=O)O.CCCCCCCCCCCC[C@](O)(C(N)=O)[C@@H](O)[C@H](O)[C@H](O)CO. The van der Waals surface area contributed by atoms with Crippen molar-refractivity contribution in [1.82, 2.24) is 0 Å². The molecule has 0 aliphatic rings. The Morgan fingerprint density at radius 3 is 1.23 bits per heavy atom. The Labute approximate surface area is 262 Å². The summed E-state index contributed by atoms with van der Waals surface area (Å²) in [4.78, 5) is 21.8. The van der Waals surface area contributed by atoms with Crippen LogP contribution < -0.4 is 5.73 Å². The van der Waals surface area contributed by atoms with Crippen molar-refractivity contribution in [3.05, 3.63) is 0 Å². The third kappa shape index (κ3) is 25.7. The fourth-order valence-corrected chi connectivity index (χ4v) is 5.19. The van der Waals surface area contributed by atoms with Crippen LogP contribution in [-0.2, 0) is 9.59 Å². The lowest BCUT2D eigenvalue weighted by atomic mass is 9.85. The fraction of sp³-hybridized carbons (Fsp3) is 0.941. The maximum Gasteiger partial charge on any atom is 0.303 e. The smallest absolute Gasteiger partial charge is 0.303 e. The average Bonchev–Trinajstić information content (AvgIpc) is 2.99. The van der Waals surface area contributed by atoms with Crippen LogP contribution in [0.2, 0.25) is 0 Å². The van der Waals surface area contributed by atoms with E-state index in [4.69, 9.17) is 15.9 Å². The molecule has 0 aliphatic heterocycles. The number of carbonyl (C=O) groups is 2. The van der Waals surface area contributed by atoms with E-state index in [1.807, 2.05) is 0 Å². The molecule has 43 heavy (non-hydrogen) atoms. The molecule has 0 aromatic rings. The Kier molecular flexibility index (Phi) is 31.4. The van der Waals surface area contributed by atoms with Crippen LogP contribution >= 0.6 is 0 Å². The van der Waals surface area contributed by atoms with Crippen LogP contribution in [-0.4, -0.2) is 73.0 Å². The van der Waals surface area contributed by atoms with E-state index >= 15 is 0 Å². The Hall–Kier alpha value is -1.26. The van der Waals surface area contributed by atoms with Crippen molar-refractivity contribution >= 4 is 11.9 Å². The van der Waals surface area contributed by atoms with Crippen LogP contribution in [0.25, 0.3) is 0 Å². The van der Waals surface area contributed by atoms with Gasteiger partial charge in [-0.1, -0.05) is 149 Å². The molecular formula is C34H69NO8. The van der Waals surface area contributed by atoms with Crippen molar-refractivity contribution < 1.29 is 40.2 Å². The van der Waals surface area contributed by atoms with Crippen LogP contribution in [0.1, 0.15) is 174 Å². The van der Waals surface area contributed by atoms with Crippen LogP contribution in [0.3, 0.4) is 0 Å². The molecule has 0 saturated carbocycles. The van der Waals surface area contributed by atoms with Gasteiger partial charge in [-0.25, -0.2) is 0 Å². The first-order valence-electron chi connectivity index (χ1n) is 17.5. The lowest BCUT2D eigenvalue weighted by Gasteiger charge is -2.34. The number of hydrogen-bond donors (Lipinski definition) is 7. The highest BCUT2D eigenvalue weighted by molar-refractivity contribution is 5.84. The van der Waals surface area contributed by atoms with Crippen molar-refractivity contribution in [3.63, 3.8) is 0 Å². The molecular weight excluding hydrogens is 550 g/mol. The second kappa shape index (κ2) is 30.8. The molecule has 0 aliphatic carbocycles. The number of primary amides is 1. The first-order valence-corrected chi connectivity index (χ1v) is 17.5. The van der Waals surface area contributed by atoms with Gasteiger partial charge in [0.2, 0.25) is 0 Å². The highest BCUT2D eigenvalue weighted by atomic mass is 16.4. The third-order valence-electron chi connectivity index (χ3n) is 8.23.